The summed E-state index contributed by atoms with van der Waals surface area (Å²) in [5, 5.41) is 2.17. The number of hydrogen-bond donors (Lipinski definition) is 0. The van der Waals surface area contributed by atoms with Gasteiger partial charge in [-0.25, -0.2) is 0 Å². The first-order valence-electron chi connectivity index (χ1n) is 6.46. The molecule has 3 rings (SSSR count). The van der Waals surface area contributed by atoms with Gasteiger partial charge in [-0.15, -0.1) is 11.3 Å². The summed E-state index contributed by atoms with van der Waals surface area (Å²) in [6.07, 6.45) is 0.885. The molecule has 0 fully saturated rings. The highest BCUT2D eigenvalue weighted by Gasteiger charge is 2.08. The lowest BCUT2D eigenvalue weighted by Crippen LogP contribution is -1.86. The largest absolute Gasteiger partial charge is 0.140 e. The first-order valence-corrected chi connectivity index (χ1v) is 8.45. The average Bonchev–Trinajstić information content (AvgIpc) is 2.76. The highest BCUT2D eigenvalue weighted by molar-refractivity contribution is 9.10. The van der Waals surface area contributed by atoms with Gasteiger partial charge in [0.25, 0.3) is 0 Å². The lowest BCUT2D eigenvalue weighted by molar-refractivity contribution is 1.24. The Morgan fingerprint density at radius 1 is 1.10 bits per heavy atom. The molecule has 2 aromatic carbocycles. The number of halogens is 2. The number of benzene rings is 2. The lowest BCUT2D eigenvalue weighted by atomic mass is 10.1. The van der Waals surface area contributed by atoms with Crippen molar-refractivity contribution in [3.05, 3.63) is 67.5 Å². The molecule has 0 nitrogen and oxygen atoms in total. The summed E-state index contributed by atoms with van der Waals surface area (Å²) >= 11 is 11.7. The van der Waals surface area contributed by atoms with Crippen molar-refractivity contribution in [3.63, 3.8) is 0 Å². The van der Waals surface area contributed by atoms with Gasteiger partial charge in [-0.1, -0.05) is 45.2 Å². The van der Waals surface area contributed by atoms with Gasteiger partial charge in [0.15, 0.2) is 0 Å². The van der Waals surface area contributed by atoms with Crippen molar-refractivity contribution in [2.45, 2.75) is 20.3 Å². The molecule has 0 unspecified atom stereocenters. The molecule has 0 spiro atoms. The van der Waals surface area contributed by atoms with Crippen LogP contribution in [0, 0.1) is 13.8 Å². The van der Waals surface area contributed by atoms with Gasteiger partial charge in [0.2, 0.25) is 0 Å². The third kappa shape index (κ3) is 2.78. The van der Waals surface area contributed by atoms with Crippen LogP contribution in [0.1, 0.15) is 21.6 Å². The van der Waals surface area contributed by atoms with Crippen LogP contribution >= 0.6 is 38.9 Å². The fraction of sp³-hybridized carbons (Fsp3) is 0.176. The van der Waals surface area contributed by atoms with E-state index in [2.05, 4.69) is 54.0 Å². The number of thiophene rings is 1. The standard InChI is InChI=1S/C17H14BrClS/c1-10-5-11(2)17-13(6-10)9-15(20-17)8-12-7-14(18)3-4-16(12)19/h3-7,9H,8H2,1-2H3. The summed E-state index contributed by atoms with van der Waals surface area (Å²) in [5.74, 6) is 0. The fourth-order valence-electron chi connectivity index (χ4n) is 2.52. The summed E-state index contributed by atoms with van der Waals surface area (Å²) < 4.78 is 2.46. The Kier molecular flexibility index (Phi) is 3.89. The van der Waals surface area contributed by atoms with Gasteiger partial charge in [-0.2, -0.15) is 0 Å². The first kappa shape index (κ1) is 14.1. The highest BCUT2D eigenvalue weighted by Crippen LogP contribution is 2.32. The topological polar surface area (TPSA) is 0 Å². The summed E-state index contributed by atoms with van der Waals surface area (Å²) in [5.41, 5.74) is 3.85. The van der Waals surface area contributed by atoms with Crippen molar-refractivity contribution in [1.29, 1.82) is 0 Å². The second-order valence-electron chi connectivity index (χ2n) is 5.13. The van der Waals surface area contributed by atoms with Crippen LogP contribution in [0.2, 0.25) is 5.02 Å². The van der Waals surface area contributed by atoms with Crippen LogP contribution in [0.4, 0.5) is 0 Å². The van der Waals surface area contributed by atoms with E-state index in [-0.39, 0.29) is 0 Å². The molecule has 0 radical (unpaired) electrons. The van der Waals surface area contributed by atoms with E-state index >= 15 is 0 Å². The Morgan fingerprint density at radius 2 is 1.90 bits per heavy atom. The zero-order valence-corrected chi connectivity index (χ0v) is 14.5. The lowest BCUT2D eigenvalue weighted by Gasteiger charge is -2.02. The van der Waals surface area contributed by atoms with Gasteiger partial charge in [0.1, 0.15) is 0 Å². The normalized spacial score (nSPS) is 11.2. The van der Waals surface area contributed by atoms with Gasteiger partial charge in [-0.05, 0) is 54.6 Å². The van der Waals surface area contributed by atoms with Gasteiger partial charge in [-0.3, -0.25) is 0 Å². The van der Waals surface area contributed by atoms with E-state index in [9.17, 15) is 0 Å². The van der Waals surface area contributed by atoms with E-state index in [1.807, 2.05) is 23.5 Å². The molecule has 0 aliphatic rings. The number of aryl methyl sites for hydroxylation is 2. The van der Waals surface area contributed by atoms with Gasteiger partial charge >= 0.3 is 0 Å². The van der Waals surface area contributed by atoms with Crippen LogP contribution in [0.3, 0.4) is 0 Å². The molecule has 1 aromatic heterocycles. The van der Waals surface area contributed by atoms with Crippen LogP contribution in [0.25, 0.3) is 10.1 Å². The van der Waals surface area contributed by atoms with Gasteiger partial charge in [0, 0.05) is 25.5 Å². The molecule has 0 atom stereocenters. The van der Waals surface area contributed by atoms with Crippen LogP contribution in [-0.4, -0.2) is 0 Å². The Bertz CT molecular complexity index is 789. The summed E-state index contributed by atoms with van der Waals surface area (Å²) in [4.78, 5) is 1.36. The molecule has 3 aromatic rings. The number of rotatable bonds is 2. The predicted octanol–water partition coefficient (Wildman–Crippen LogP) is 6.52. The summed E-state index contributed by atoms with van der Waals surface area (Å²) in [6.45, 7) is 4.33. The number of fused-ring (bicyclic) bond motifs is 1. The minimum Gasteiger partial charge on any atom is -0.140 e. The monoisotopic (exact) mass is 364 g/mol. The molecule has 1 heterocycles. The van der Waals surface area contributed by atoms with E-state index in [4.69, 9.17) is 11.6 Å². The molecule has 0 saturated carbocycles. The molecular weight excluding hydrogens is 352 g/mol. The maximum absolute atomic E-state index is 6.29. The molecule has 0 amide bonds. The zero-order valence-electron chi connectivity index (χ0n) is 11.3. The van der Waals surface area contributed by atoms with Gasteiger partial charge in [0.05, 0.1) is 0 Å². The van der Waals surface area contributed by atoms with E-state index in [1.54, 1.807) is 0 Å². The predicted molar refractivity (Wildman–Crippen MR) is 93.3 cm³/mol. The summed E-state index contributed by atoms with van der Waals surface area (Å²) in [6, 6.07) is 12.8. The molecule has 0 N–H and O–H groups in total. The number of hydrogen-bond acceptors (Lipinski definition) is 1. The second kappa shape index (κ2) is 5.51. The fourth-order valence-corrected chi connectivity index (χ4v) is 4.25. The van der Waals surface area contributed by atoms with Crippen molar-refractivity contribution in [2.75, 3.05) is 0 Å². The molecule has 0 aliphatic heterocycles. The smallest absolute Gasteiger partial charge is 0.0442 e. The molecule has 20 heavy (non-hydrogen) atoms. The molecule has 0 saturated heterocycles. The molecule has 102 valence electrons. The molecule has 0 aliphatic carbocycles. The minimum atomic E-state index is 0.832. The Hall–Kier alpha value is -0.830. The maximum atomic E-state index is 6.29. The van der Waals surface area contributed by atoms with Crippen LogP contribution in [0.15, 0.2) is 40.9 Å². The Labute approximate surface area is 136 Å². The van der Waals surface area contributed by atoms with Crippen LogP contribution in [0.5, 0.6) is 0 Å². The molecular formula is C17H14BrClS. The molecule has 0 bridgehead atoms. The van der Waals surface area contributed by atoms with Crippen molar-refractivity contribution in [2.24, 2.45) is 0 Å². The van der Waals surface area contributed by atoms with E-state index in [0.29, 0.717) is 0 Å². The van der Waals surface area contributed by atoms with Crippen molar-refractivity contribution >= 4 is 49.0 Å². The van der Waals surface area contributed by atoms with E-state index in [0.717, 1.165) is 15.9 Å². The quantitative estimate of drug-likeness (QED) is 0.484. The highest BCUT2D eigenvalue weighted by atomic mass is 79.9. The summed E-state index contributed by atoms with van der Waals surface area (Å²) in [7, 11) is 0. The average molecular weight is 366 g/mol. The van der Waals surface area contributed by atoms with E-state index in [1.165, 1.54) is 31.7 Å². The van der Waals surface area contributed by atoms with Crippen molar-refractivity contribution in [3.8, 4) is 0 Å². The third-order valence-electron chi connectivity index (χ3n) is 3.37. The van der Waals surface area contributed by atoms with E-state index < -0.39 is 0 Å². The Morgan fingerprint density at radius 3 is 2.70 bits per heavy atom. The third-order valence-corrected chi connectivity index (χ3v) is 5.52. The second-order valence-corrected chi connectivity index (χ2v) is 7.59. The van der Waals surface area contributed by atoms with Crippen molar-refractivity contribution < 1.29 is 0 Å². The molecule has 3 heteroatoms. The maximum Gasteiger partial charge on any atom is 0.0442 e. The zero-order chi connectivity index (χ0) is 14.3. The van der Waals surface area contributed by atoms with Crippen LogP contribution in [-0.2, 0) is 6.42 Å². The van der Waals surface area contributed by atoms with Crippen molar-refractivity contribution in [1.82, 2.24) is 0 Å². The SMILES string of the molecule is Cc1cc(C)c2sc(Cc3cc(Br)ccc3Cl)cc2c1. The minimum absolute atomic E-state index is 0.832. The van der Waals surface area contributed by atoms with Gasteiger partial charge < -0.3 is 0 Å². The first-order chi connectivity index (χ1) is 9.52. The van der Waals surface area contributed by atoms with Crippen LogP contribution < -0.4 is 0 Å². The Balaban J connectivity index is 2.03.